The van der Waals surface area contributed by atoms with Crippen molar-refractivity contribution in [2.24, 2.45) is 5.92 Å². The first-order chi connectivity index (χ1) is 9.96. The fraction of sp³-hybridized carbons (Fsp3) is 0.571. The summed E-state index contributed by atoms with van der Waals surface area (Å²) < 4.78 is 41.4. The lowest BCUT2D eigenvalue weighted by molar-refractivity contribution is -0.153. The highest BCUT2D eigenvalue weighted by atomic mass is 35.5. The van der Waals surface area contributed by atoms with Crippen LogP contribution in [0.1, 0.15) is 5.56 Å². The summed E-state index contributed by atoms with van der Waals surface area (Å²) in [7, 11) is 0. The summed E-state index contributed by atoms with van der Waals surface area (Å²) in [4.78, 5) is 0. The molecule has 4 nitrogen and oxygen atoms in total. The quantitative estimate of drug-likeness (QED) is 0.738. The van der Waals surface area contributed by atoms with E-state index in [2.05, 4.69) is 10.6 Å². The number of para-hydroxylation sites is 1. The number of rotatable bonds is 6. The van der Waals surface area contributed by atoms with Crippen molar-refractivity contribution in [2.45, 2.75) is 18.8 Å². The highest BCUT2D eigenvalue weighted by molar-refractivity contribution is 5.85. The lowest BCUT2D eigenvalue weighted by Crippen LogP contribution is -2.30. The molecule has 8 heteroatoms. The number of halogens is 4. The summed E-state index contributed by atoms with van der Waals surface area (Å²) in [6.45, 7) is 1.02. The smallest absolute Gasteiger partial charge is 0.422 e. The first-order valence-corrected chi connectivity index (χ1v) is 6.82. The molecule has 1 fully saturated rings. The minimum atomic E-state index is -4.35. The number of nitrogens with one attached hydrogen (secondary N) is 2. The zero-order chi connectivity index (χ0) is 15.3. The molecule has 0 aromatic heterocycles. The van der Waals surface area contributed by atoms with E-state index in [1.165, 1.54) is 6.07 Å². The maximum atomic E-state index is 12.2. The van der Waals surface area contributed by atoms with Crippen molar-refractivity contribution < 1.29 is 23.0 Å². The molecule has 1 aliphatic heterocycles. The second kappa shape index (κ2) is 8.57. The number of aliphatic hydroxyl groups excluding tert-OH is 1. The van der Waals surface area contributed by atoms with Gasteiger partial charge in [0.25, 0.3) is 0 Å². The minimum absolute atomic E-state index is 0. The fourth-order valence-corrected chi connectivity index (χ4v) is 2.27. The molecule has 1 aromatic rings. The molecular weight excluding hydrogens is 321 g/mol. The van der Waals surface area contributed by atoms with Crippen LogP contribution in [0.25, 0.3) is 0 Å². The van der Waals surface area contributed by atoms with E-state index in [-0.39, 0.29) is 30.2 Å². The molecule has 0 spiro atoms. The third-order valence-electron chi connectivity index (χ3n) is 3.39. The van der Waals surface area contributed by atoms with Crippen molar-refractivity contribution in [1.29, 1.82) is 0 Å². The van der Waals surface area contributed by atoms with E-state index in [1.807, 2.05) is 0 Å². The van der Waals surface area contributed by atoms with Crippen molar-refractivity contribution in [3.8, 4) is 5.75 Å². The van der Waals surface area contributed by atoms with Crippen LogP contribution in [0.4, 0.5) is 13.2 Å². The van der Waals surface area contributed by atoms with Gasteiger partial charge in [0.05, 0.1) is 6.10 Å². The molecule has 1 aliphatic rings. The number of hydrogen-bond donors (Lipinski definition) is 3. The van der Waals surface area contributed by atoms with Crippen molar-refractivity contribution in [3.63, 3.8) is 0 Å². The molecule has 2 rings (SSSR count). The molecule has 22 heavy (non-hydrogen) atoms. The maximum Gasteiger partial charge on any atom is 0.422 e. The molecule has 0 aliphatic carbocycles. The Morgan fingerprint density at radius 2 is 2.00 bits per heavy atom. The topological polar surface area (TPSA) is 53.5 Å². The highest BCUT2D eigenvalue weighted by Crippen LogP contribution is 2.22. The van der Waals surface area contributed by atoms with Crippen molar-refractivity contribution in [3.05, 3.63) is 29.8 Å². The van der Waals surface area contributed by atoms with Gasteiger partial charge in [0, 0.05) is 37.7 Å². The Morgan fingerprint density at radius 3 is 2.64 bits per heavy atom. The number of hydrogen-bond acceptors (Lipinski definition) is 4. The van der Waals surface area contributed by atoms with Crippen LogP contribution in [-0.4, -0.2) is 43.6 Å². The van der Waals surface area contributed by atoms with E-state index in [4.69, 9.17) is 4.74 Å². The molecule has 3 N–H and O–H groups in total. The molecule has 2 unspecified atom stereocenters. The summed E-state index contributed by atoms with van der Waals surface area (Å²) in [5.41, 5.74) is 0.669. The van der Waals surface area contributed by atoms with E-state index >= 15 is 0 Å². The number of benzene rings is 1. The SMILES string of the molecule is Cl.OC1CNCC1CNCc1ccccc1OCC(F)(F)F. The monoisotopic (exact) mass is 340 g/mol. The zero-order valence-electron chi connectivity index (χ0n) is 11.9. The Labute approximate surface area is 133 Å². The maximum absolute atomic E-state index is 12.2. The van der Waals surface area contributed by atoms with Gasteiger partial charge in [-0.2, -0.15) is 13.2 Å². The Hall–Kier alpha value is -1.02. The van der Waals surface area contributed by atoms with Crippen LogP contribution in [0, 0.1) is 5.92 Å². The van der Waals surface area contributed by atoms with Gasteiger partial charge in [-0.25, -0.2) is 0 Å². The van der Waals surface area contributed by atoms with Crippen molar-refractivity contribution in [2.75, 3.05) is 26.2 Å². The van der Waals surface area contributed by atoms with Gasteiger partial charge >= 0.3 is 6.18 Å². The van der Waals surface area contributed by atoms with Gasteiger partial charge in [-0.3, -0.25) is 0 Å². The second-order valence-corrected chi connectivity index (χ2v) is 5.13. The van der Waals surface area contributed by atoms with Gasteiger partial charge in [-0.15, -0.1) is 12.4 Å². The van der Waals surface area contributed by atoms with Crippen LogP contribution >= 0.6 is 12.4 Å². The zero-order valence-corrected chi connectivity index (χ0v) is 12.7. The number of ether oxygens (including phenoxy) is 1. The molecule has 1 heterocycles. The molecular formula is C14H20ClF3N2O2. The van der Waals surface area contributed by atoms with Gasteiger partial charge in [0.1, 0.15) is 5.75 Å². The van der Waals surface area contributed by atoms with Crippen LogP contribution in [0.15, 0.2) is 24.3 Å². The van der Waals surface area contributed by atoms with E-state index < -0.39 is 12.8 Å². The van der Waals surface area contributed by atoms with Crippen LogP contribution in [0.3, 0.4) is 0 Å². The minimum Gasteiger partial charge on any atom is -0.484 e. The van der Waals surface area contributed by atoms with E-state index in [0.717, 1.165) is 6.54 Å². The number of β-amino-alcohol motifs (C(OH)–C–C–N with tert-alkyl or cyclic N) is 1. The Bertz CT molecular complexity index is 460. The van der Waals surface area contributed by atoms with Crippen LogP contribution < -0.4 is 15.4 Å². The van der Waals surface area contributed by atoms with Gasteiger partial charge in [0.2, 0.25) is 0 Å². The second-order valence-electron chi connectivity index (χ2n) is 5.13. The lowest BCUT2D eigenvalue weighted by atomic mass is 10.1. The van der Waals surface area contributed by atoms with E-state index in [0.29, 0.717) is 25.2 Å². The highest BCUT2D eigenvalue weighted by Gasteiger charge is 2.29. The predicted octanol–water partition coefficient (Wildman–Crippen LogP) is 1.72. The van der Waals surface area contributed by atoms with E-state index in [1.54, 1.807) is 18.2 Å². The Morgan fingerprint density at radius 1 is 1.27 bits per heavy atom. The molecule has 2 atom stereocenters. The fourth-order valence-electron chi connectivity index (χ4n) is 2.27. The summed E-state index contributed by atoms with van der Waals surface area (Å²) in [6.07, 6.45) is -4.73. The van der Waals surface area contributed by atoms with Crippen LogP contribution in [-0.2, 0) is 6.54 Å². The average molecular weight is 341 g/mol. The van der Waals surface area contributed by atoms with Crippen LogP contribution in [0.5, 0.6) is 5.75 Å². The summed E-state index contributed by atoms with van der Waals surface area (Å²) >= 11 is 0. The Balaban J connectivity index is 0.00000242. The molecule has 0 radical (unpaired) electrons. The largest absolute Gasteiger partial charge is 0.484 e. The van der Waals surface area contributed by atoms with Crippen LogP contribution in [0.2, 0.25) is 0 Å². The summed E-state index contributed by atoms with van der Waals surface area (Å²) in [5, 5.41) is 15.9. The molecule has 0 saturated carbocycles. The molecule has 126 valence electrons. The lowest BCUT2D eigenvalue weighted by Gasteiger charge is -2.16. The number of alkyl halides is 3. The molecule has 0 amide bonds. The average Bonchev–Trinajstić information content (AvgIpc) is 2.82. The van der Waals surface area contributed by atoms with Gasteiger partial charge in [0.15, 0.2) is 6.61 Å². The molecule has 1 aromatic carbocycles. The van der Waals surface area contributed by atoms with Gasteiger partial charge in [-0.1, -0.05) is 18.2 Å². The Kier molecular flexibility index (Phi) is 7.41. The normalized spacial score (nSPS) is 21.5. The van der Waals surface area contributed by atoms with Gasteiger partial charge in [-0.05, 0) is 6.07 Å². The van der Waals surface area contributed by atoms with Crippen molar-refractivity contribution in [1.82, 2.24) is 10.6 Å². The van der Waals surface area contributed by atoms with E-state index in [9.17, 15) is 18.3 Å². The number of aliphatic hydroxyl groups is 1. The first kappa shape index (κ1) is 19.0. The first-order valence-electron chi connectivity index (χ1n) is 6.82. The van der Waals surface area contributed by atoms with Crippen molar-refractivity contribution >= 4 is 12.4 Å². The molecule has 1 saturated heterocycles. The van der Waals surface area contributed by atoms with Gasteiger partial charge < -0.3 is 20.5 Å². The predicted molar refractivity (Wildman–Crippen MR) is 79.3 cm³/mol. The standard InChI is InChI=1S/C14H19F3N2O2.ClH/c15-14(16,17)9-21-13-4-2-1-3-10(13)5-18-6-11-7-19-8-12(11)20;/h1-4,11-12,18-20H,5-9H2;1H. The summed E-state index contributed by atoms with van der Waals surface area (Å²) in [6, 6.07) is 6.64. The third kappa shape index (κ3) is 6.00. The third-order valence-corrected chi connectivity index (χ3v) is 3.39. The summed E-state index contributed by atoms with van der Waals surface area (Å²) in [5.74, 6) is 0.348. The molecule has 0 bridgehead atoms.